The number of hydrogen-bond acceptors (Lipinski definition) is 5. The quantitative estimate of drug-likeness (QED) is 0.507. The summed E-state index contributed by atoms with van der Waals surface area (Å²) in [6.07, 6.45) is 0. The van der Waals surface area contributed by atoms with Gasteiger partial charge in [-0.25, -0.2) is 0 Å². The van der Waals surface area contributed by atoms with Crippen LogP contribution in [0.5, 0.6) is 0 Å². The monoisotopic (exact) mass is 374 g/mol. The van der Waals surface area contributed by atoms with Crippen LogP contribution in [0.4, 0.5) is 0 Å². The van der Waals surface area contributed by atoms with Crippen molar-refractivity contribution >= 4 is 20.2 Å². The SMILES string of the molecule is [Cl][Mn][Cl].c1cc2nc(c1)CNCCNCCNCCNC2. The Balaban J connectivity index is 0.000000677. The van der Waals surface area contributed by atoms with Gasteiger partial charge in [0.1, 0.15) is 0 Å². The number of nitrogens with zero attached hydrogens (tertiary/aromatic N) is 1. The third kappa shape index (κ3) is 10.4. The van der Waals surface area contributed by atoms with Crippen molar-refractivity contribution in [3.05, 3.63) is 29.6 Å². The minimum atomic E-state index is 0.00694. The average molecular weight is 375 g/mol. The molecule has 5 nitrogen and oxygen atoms in total. The molecular weight excluding hydrogens is 352 g/mol. The van der Waals surface area contributed by atoms with Crippen LogP contribution in [0.3, 0.4) is 0 Å². The molecule has 1 aromatic rings. The number of nitrogens with one attached hydrogen (secondary N) is 4. The van der Waals surface area contributed by atoms with Crippen LogP contribution in [-0.2, 0) is 26.2 Å². The Morgan fingerprint density at radius 1 is 0.762 bits per heavy atom. The van der Waals surface area contributed by atoms with E-state index in [-0.39, 0.29) is 13.1 Å². The molecule has 0 amide bonds. The van der Waals surface area contributed by atoms with Crippen LogP contribution in [0.15, 0.2) is 18.2 Å². The van der Waals surface area contributed by atoms with Crippen molar-refractivity contribution in [2.75, 3.05) is 39.3 Å². The molecule has 1 aromatic heterocycles. The number of halogens is 2. The van der Waals surface area contributed by atoms with E-state index in [9.17, 15) is 0 Å². The Hall–Kier alpha value is 0.0895. The second-order valence-corrected chi connectivity index (χ2v) is 6.48. The van der Waals surface area contributed by atoms with E-state index in [2.05, 4.69) is 44.5 Å². The summed E-state index contributed by atoms with van der Waals surface area (Å²) in [6, 6.07) is 6.22. The first kappa shape index (κ1) is 19.1. The minimum absolute atomic E-state index is 0.00694. The summed E-state index contributed by atoms with van der Waals surface area (Å²) in [5.41, 5.74) is 2.23. The van der Waals surface area contributed by atoms with Crippen molar-refractivity contribution in [1.82, 2.24) is 26.3 Å². The van der Waals surface area contributed by atoms with Crippen molar-refractivity contribution in [3.8, 4) is 0 Å². The maximum atomic E-state index is 4.80. The topological polar surface area (TPSA) is 61.0 Å². The Morgan fingerprint density at radius 3 is 1.57 bits per heavy atom. The van der Waals surface area contributed by atoms with Gasteiger partial charge in [-0.3, -0.25) is 4.98 Å². The molecule has 0 saturated heterocycles. The Bertz CT molecular complexity index is 341. The third-order valence-corrected chi connectivity index (χ3v) is 2.91. The van der Waals surface area contributed by atoms with Crippen LogP contribution < -0.4 is 21.3 Å². The first-order valence-electron chi connectivity index (χ1n) is 7.01. The average Bonchev–Trinajstić information content (AvgIpc) is 2.49. The molecule has 0 spiro atoms. The summed E-state index contributed by atoms with van der Waals surface area (Å²) in [4.78, 5) is 4.62. The molecule has 0 radical (unpaired) electrons. The Labute approximate surface area is 141 Å². The first-order chi connectivity index (χ1) is 10.4. The zero-order valence-electron chi connectivity index (χ0n) is 12.0. The number of rotatable bonds is 0. The molecule has 8 heteroatoms. The molecule has 0 fully saturated rings. The second-order valence-electron chi connectivity index (χ2n) is 4.53. The van der Waals surface area contributed by atoms with Gasteiger partial charge in [-0.05, 0) is 12.1 Å². The molecule has 21 heavy (non-hydrogen) atoms. The summed E-state index contributed by atoms with van der Waals surface area (Å²) in [6.45, 7) is 7.68. The molecule has 0 saturated carbocycles. The van der Waals surface area contributed by atoms with Crippen molar-refractivity contribution in [2.45, 2.75) is 13.1 Å². The molecule has 0 aromatic carbocycles. The Morgan fingerprint density at radius 2 is 1.14 bits per heavy atom. The fourth-order valence-electron chi connectivity index (χ4n) is 1.94. The standard InChI is InChI=1S/C13H23N5.2ClH.Mn/c1-2-12-10-16-8-6-14-4-5-15-7-9-17-11-13(3-1)18-12;;;/h1-3,14-17H,4-11H2;2*1H;/q;;;+2/p-2. The summed E-state index contributed by atoms with van der Waals surface area (Å²) in [5, 5.41) is 13.6. The molecule has 2 heterocycles. The number of hydrogen-bond donors (Lipinski definition) is 4. The van der Waals surface area contributed by atoms with E-state index in [0.717, 1.165) is 63.7 Å². The van der Waals surface area contributed by atoms with E-state index in [1.54, 1.807) is 0 Å². The molecule has 1 aliphatic heterocycles. The molecular formula is C13H23Cl2MnN5. The third-order valence-electron chi connectivity index (χ3n) is 2.91. The molecule has 2 rings (SSSR count). The molecule has 0 aliphatic carbocycles. The van der Waals surface area contributed by atoms with Crippen LogP contribution in [-0.4, -0.2) is 44.3 Å². The predicted octanol–water partition coefficient (Wildman–Crippen LogP) is 0.830. The second kappa shape index (κ2) is 13.7. The predicted molar refractivity (Wildman–Crippen MR) is 85.1 cm³/mol. The number of fused-ring (bicyclic) bond motifs is 2. The zero-order chi connectivity index (χ0) is 15.2. The van der Waals surface area contributed by atoms with E-state index in [1.165, 1.54) is 0 Å². The molecule has 0 unspecified atom stereocenters. The summed E-state index contributed by atoms with van der Waals surface area (Å²) in [5.74, 6) is 0. The van der Waals surface area contributed by atoms with Crippen LogP contribution in [0, 0.1) is 0 Å². The van der Waals surface area contributed by atoms with Crippen LogP contribution in [0.2, 0.25) is 0 Å². The van der Waals surface area contributed by atoms with Gasteiger partial charge in [0.05, 0.1) is 11.4 Å². The molecule has 121 valence electrons. The van der Waals surface area contributed by atoms with Gasteiger partial charge in [-0.15, -0.1) is 0 Å². The fourth-order valence-corrected chi connectivity index (χ4v) is 1.94. The van der Waals surface area contributed by atoms with Crippen molar-refractivity contribution in [3.63, 3.8) is 0 Å². The largest absolute Gasteiger partial charge is 0.314 e. The van der Waals surface area contributed by atoms with Gasteiger partial charge in [-0.2, -0.15) is 0 Å². The molecule has 4 N–H and O–H groups in total. The summed E-state index contributed by atoms with van der Waals surface area (Å²) < 4.78 is 0. The molecule has 1 aliphatic rings. The zero-order valence-corrected chi connectivity index (χ0v) is 14.7. The molecule has 2 bridgehead atoms. The van der Waals surface area contributed by atoms with E-state index in [4.69, 9.17) is 20.2 Å². The van der Waals surface area contributed by atoms with Gasteiger partial charge in [-0.1, -0.05) is 6.07 Å². The van der Waals surface area contributed by atoms with Gasteiger partial charge >= 0.3 is 33.3 Å². The van der Waals surface area contributed by atoms with E-state index in [0.29, 0.717) is 0 Å². The first-order valence-corrected chi connectivity index (χ1v) is 10.3. The van der Waals surface area contributed by atoms with E-state index in [1.807, 2.05) is 0 Å². The van der Waals surface area contributed by atoms with Crippen LogP contribution in [0.1, 0.15) is 11.4 Å². The Kier molecular flexibility index (Phi) is 12.5. The van der Waals surface area contributed by atoms with Crippen molar-refractivity contribution < 1.29 is 13.1 Å². The van der Waals surface area contributed by atoms with Gasteiger partial charge in [0.15, 0.2) is 0 Å². The smallest absolute Gasteiger partial charge is 0.0545 e. The maximum Gasteiger partial charge on any atom is 0.0545 e. The van der Waals surface area contributed by atoms with Crippen molar-refractivity contribution in [2.24, 2.45) is 0 Å². The minimum Gasteiger partial charge on any atom is -0.314 e. The fraction of sp³-hybridized carbons (Fsp3) is 0.615. The van der Waals surface area contributed by atoms with E-state index < -0.39 is 0 Å². The number of aromatic nitrogens is 1. The van der Waals surface area contributed by atoms with Gasteiger partial charge in [0.2, 0.25) is 0 Å². The summed E-state index contributed by atoms with van der Waals surface area (Å²) >= 11 is 0.00694. The van der Waals surface area contributed by atoms with E-state index >= 15 is 0 Å². The molecule has 0 atom stereocenters. The van der Waals surface area contributed by atoms with Gasteiger partial charge in [0, 0.05) is 52.4 Å². The van der Waals surface area contributed by atoms with Crippen molar-refractivity contribution in [1.29, 1.82) is 0 Å². The number of pyridine rings is 1. The maximum absolute atomic E-state index is 4.80. The normalized spacial score (nSPS) is 17.8. The van der Waals surface area contributed by atoms with Gasteiger partial charge in [0.25, 0.3) is 0 Å². The van der Waals surface area contributed by atoms with Crippen LogP contribution in [0.25, 0.3) is 0 Å². The van der Waals surface area contributed by atoms with Gasteiger partial charge < -0.3 is 21.3 Å². The van der Waals surface area contributed by atoms with Crippen LogP contribution >= 0.6 is 20.2 Å². The summed E-state index contributed by atoms with van der Waals surface area (Å²) in [7, 11) is 9.59.